The highest BCUT2D eigenvalue weighted by Crippen LogP contribution is 2.24. The lowest BCUT2D eigenvalue weighted by Gasteiger charge is -2.12. The summed E-state index contributed by atoms with van der Waals surface area (Å²) in [6.07, 6.45) is -3.14. The molecule has 0 atom stereocenters. The maximum atomic E-state index is 12.1. The van der Waals surface area contributed by atoms with Gasteiger partial charge in [-0.05, 0) is 30.7 Å². The molecule has 0 aliphatic carbocycles. The first-order valence-corrected chi connectivity index (χ1v) is 5.82. The molecule has 1 aromatic carbocycles. The van der Waals surface area contributed by atoms with Gasteiger partial charge in [-0.1, -0.05) is 0 Å². The van der Waals surface area contributed by atoms with Crippen molar-refractivity contribution >= 4 is 11.6 Å². The zero-order valence-corrected chi connectivity index (χ0v) is 10.9. The Kier molecular flexibility index (Phi) is 4.10. The lowest BCUT2D eigenvalue weighted by Crippen LogP contribution is -2.19. The first-order chi connectivity index (χ1) is 9.85. The molecule has 112 valence electrons. The number of amides is 1. The minimum atomic E-state index is -4.40. The van der Waals surface area contributed by atoms with Crippen LogP contribution in [0, 0.1) is 6.92 Å². The summed E-state index contributed by atoms with van der Waals surface area (Å²) in [5.74, 6) is -0.376. The fraction of sp³-hybridized carbons (Fsp3) is 0.250. The molecule has 0 aliphatic heterocycles. The van der Waals surface area contributed by atoms with Crippen molar-refractivity contribution < 1.29 is 22.7 Å². The number of rotatable bonds is 4. The number of carbonyl (C=O) groups is 1. The van der Waals surface area contributed by atoms with Crippen molar-refractivity contribution in [1.82, 2.24) is 15.4 Å². The molecule has 0 saturated heterocycles. The number of aromatic nitrogens is 3. The molecule has 1 amide bonds. The second-order valence-corrected chi connectivity index (χ2v) is 4.19. The lowest BCUT2D eigenvalue weighted by molar-refractivity contribution is -0.153. The average molecular weight is 300 g/mol. The maximum absolute atomic E-state index is 12.1. The van der Waals surface area contributed by atoms with Gasteiger partial charge < -0.3 is 10.1 Å². The summed E-state index contributed by atoms with van der Waals surface area (Å²) in [7, 11) is 0. The fourth-order valence-corrected chi connectivity index (χ4v) is 1.55. The van der Waals surface area contributed by atoms with Crippen molar-refractivity contribution in [3.05, 3.63) is 35.7 Å². The van der Waals surface area contributed by atoms with Crippen LogP contribution in [0.25, 0.3) is 0 Å². The van der Waals surface area contributed by atoms with Gasteiger partial charge >= 0.3 is 6.18 Å². The summed E-state index contributed by atoms with van der Waals surface area (Å²) in [6, 6.07) is 4.31. The van der Waals surface area contributed by atoms with Gasteiger partial charge in [0.2, 0.25) is 0 Å². The number of aryl methyl sites for hydroxylation is 1. The third-order valence-corrected chi connectivity index (χ3v) is 2.47. The van der Waals surface area contributed by atoms with E-state index in [-0.39, 0.29) is 11.4 Å². The number of nitrogens with one attached hydrogen (secondary N) is 2. The van der Waals surface area contributed by atoms with E-state index in [1.165, 1.54) is 24.4 Å². The number of halogens is 3. The van der Waals surface area contributed by atoms with Crippen molar-refractivity contribution in [3.8, 4) is 5.75 Å². The van der Waals surface area contributed by atoms with E-state index in [0.29, 0.717) is 11.3 Å². The van der Waals surface area contributed by atoms with Crippen LogP contribution in [0.4, 0.5) is 18.9 Å². The van der Waals surface area contributed by atoms with Crippen LogP contribution in [-0.2, 0) is 0 Å². The third kappa shape index (κ3) is 4.20. The van der Waals surface area contributed by atoms with Crippen LogP contribution < -0.4 is 10.1 Å². The minimum Gasteiger partial charge on any atom is -0.484 e. The number of H-pyrrole nitrogens is 1. The Balaban J connectivity index is 2.03. The summed E-state index contributed by atoms with van der Waals surface area (Å²) in [5.41, 5.74) is 0.988. The predicted molar refractivity (Wildman–Crippen MR) is 67.1 cm³/mol. The molecule has 0 bridgehead atoms. The van der Waals surface area contributed by atoms with Gasteiger partial charge in [-0.25, -0.2) is 0 Å². The lowest BCUT2D eigenvalue weighted by atomic mass is 10.2. The van der Waals surface area contributed by atoms with Crippen LogP contribution in [0.2, 0.25) is 0 Å². The second-order valence-electron chi connectivity index (χ2n) is 4.19. The first kappa shape index (κ1) is 14.8. The molecule has 0 unspecified atom stereocenters. The Bertz CT molecular complexity index is 626. The molecule has 1 aromatic heterocycles. The molecule has 9 heteroatoms. The Morgan fingerprint density at radius 1 is 1.43 bits per heavy atom. The number of alkyl halides is 3. The van der Waals surface area contributed by atoms with E-state index in [0.717, 1.165) is 0 Å². The number of hydrogen-bond donors (Lipinski definition) is 2. The highest BCUT2D eigenvalue weighted by Gasteiger charge is 2.28. The molecule has 2 aromatic rings. The van der Waals surface area contributed by atoms with Gasteiger partial charge in [0.1, 0.15) is 5.75 Å². The summed E-state index contributed by atoms with van der Waals surface area (Å²) in [5, 5.41) is 12.0. The van der Waals surface area contributed by atoms with E-state index in [4.69, 9.17) is 0 Å². The number of nitrogens with zero attached hydrogens (tertiary/aromatic N) is 2. The molecule has 2 N–H and O–H groups in total. The first-order valence-electron chi connectivity index (χ1n) is 5.82. The standard InChI is InChI=1S/C12H11F3N4O2/c1-7-4-8(17-11(20)9-5-16-19-18-9)2-3-10(7)21-6-12(13,14)15/h2-5H,6H2,1H3,(H,17,20)(H,16,18,19). The van der Waals surface area contributed by atoms with Gasteiger partial charge in [0.15, 0.2) is 12.3 Å². The Labute approximate surface area is 117 Å². The van der Waals surface area contributed by atoms with E-state index in [9.17, 15) is 18.0 Å². The van der Waals surface area contributed by atoms with E-state index in [1.807, 2.05) is 0 Å². The van der Waals surface area contributed by atoms with Gasteiger partial charge in [0.05, 0.1) is 6.20 Å². The summed E-state index contributed by atoms with van der Waals surface area (Å²) in [6.45, 7) is 0.218. The van der Waals surface area contributed by atoms with Crippen LogP contribution in [0.1, 0.15) is 16.1 Å². The van der Waals surface area contributed by atoms with Crippen molar-refractivity contribution in [1.29, 1.82) is 0 Å². The van der Waals surface area contributed by atoms with E-state index < -0.39 is 18.7 Å². The summed E-state index contributed by atoms with van der Waals surface area (Å²) >= 11 is 0. The number of anilines is 1. The van der Waals surface area contributed by atoms with Crippen molar-refractivity contribution in [2.45, 2.75) is 13.1 Å². The van der Waals surface area contributed by atoms with Crippen LogP contribution in [0.3, 0.4) is 0 Å². The number of hydrogen-bond acceptors (Lipinski definition) is 4. The minimum absolute atomic E-state index is 0.102. The van der Waals surface area contributed by atoms with Gasteiger partial charge in [0, 0.05) is 5.69 Å². The van der Waals surface area contributed by atoms with Crippen LogP contribution >= 0.6 is 0 Å². The summed E-state index contributed by atoms with van der Waals surface area (Å²) in [4.78, 5) is 11.7. The Morgan fingerprint density at radius 3 is 2.76 bits per heavy atom. The molecule has 0 fully saturated rings. The third-order valence-electron chi connectivity index (χ3n) is 2.47. The average Bonchev–Trinajstić information content (AvgIpc) is 2.90. The van der Waals surface area contributed by atoms with E-state index in [1.54, 1.807) is 6.92 Å². The monoisotopic (exact) mass is 300 g/mol. The summed E-state index contributed by atoms with van der Waals surface area (Å²) < 4.78 is 40.9. The predicted octanol–water partition coefficient (Wildman–Crippen LogP) is 2.31. The molecule has 0 radical (unpaired) electrons. The highest BCUT2D eigenvalue weighted by atomic mass is 19.4. The van der Waals surface area contributed by atoms with Crippen molar-refractivity contribution in [3.63, 3.8) is 0 Å². The molecule has 1 heterocycles. The van der Waals surface area contributed by atoms with Gasteiger partial charge in [0.25, 0.3) is 5.91 Å². The maximum Gasteiger partial charge on any atom is 0.422 e. The topological polar surface area (TPSA) is 79.9 Å². The molecule has 2 rings (SSSR count). The van der Waals surface area contributed by atoms with Gasteiger partial charge in [-0.2, -0.15) is 28.6 Å². The van der Waals surface area contributed by atoms with Gasteiger partial charge in [-0.3, -0.25) is 4.79 Å². The highest BCUT2D eigenvalue weighted by molar-refractivity contribution is 6.02. The molecule has 6 nitrogen and oxygen atoms in total. The SMILES string of the molecule is Cc1cc(NC(=O)c2cn[nH]n2)ccc1OCC(F)(F)F. The van der Waals surface area contributed by atoms with Crippen LogP contribution in [0.5, 0.6) is 5.75 Å². The number of ether oxygens (including phenoxy) is 1. The zero-order valence-electron chi connectivity index (χ0n) is 10.9. The molecule has 0 saturated carbocycles. The molecule has 0 aliphatic rings. The van der Waals surface area contributed by atoms with Crippen LogP contribution in [-0.4, -0.2) is 34.1 Å². The number of aromatic amines is 1. The fourth-order valence-electron chi connectivity index (χ4n) is 1.55. The molecular weight excluding hydrogens is 289 g/mol. The van der Waals surface area contributed by atoms with E-state index >= 15 is 0 Å². The van der Waals surface area contributed by atoms with Crippen LogP contribution in [0.15, 0.2) is 24.4 Å². The van der Waals surface area contributed by atoms with Crippen molar-refractivity contribution in [2.24, 2.45) is 0 Å². The van der Waals surface area contributed by atoms with Crippen molar-refractivity contribution in [2.75, 3.05) is 11.9 Å². The number of carbonyl (C=O) groups excluding carboxylic acids is 1. The van der Waals surface area contributed by atoms with Gasteiger partial charge in [-0.15, -0.1) is 0 Å². The normalized spacial score (nSPS) is 11.2. The quantitative estimate of drug-likeness (QED) is 0.908. The molecular formula is C12H11F3N4O2. The smallest absolute Gasteiger partial charge is 0.422 e. The second kappa shape index (κ2) is 5.81. The Morgan fingerprint density at radius 2 is 2.19 bits per heavy atom. The molecule has 0 spiro atoms. The number of benzene rings is 1. The molecule has 21 heavy (non-hydrogen) atoms. The largest absolute Gasteiger partial charge is 0.484 e. The van der Waals surface area contributed by atoms with E-state index in [2.05, 4.69) is 25.5 Å². The Hall–Kier alpha value is -2.58. The zero-order chi connectivity index (χ0) is 15.5.